The van der Waals surface area contributed by atoms with Gasteiger partial charge in [0.1, 0.15) is 5.75 Å². The number of hydrogen-bond acceptors (Lipinski definition) is 3. The molecule has 0 saturated heterocycles. The second-order valence-corrected chi connectivity index (χ2v) is 3.72. The average molecular weight is 204 g/mol. The Hall–Kier alpha value is -1.77. The molecule has 0 amide bonds. The van der Waals surface area contributed by atoms with Crippen LogP contribution in [0.3, 0.4) is 0 Å². The summed E-state index contributed by atoms with van der Waals surface area (Å²) in [5.74, 6) is -0.301. The monoisotopic (exact) mass is 204 g/mol. The molecule has 0 atom stereocenters. The van der Waals surface area contributed by atoms with Gasteiger partial charge >= 0.3 is 5.97 Å². The number of allylic oxidation sites excluding steroid dienone is 1. The van der Waals surface area contributed by atoms with E-state index >= 15 is 0 Å². The molecule has 1 aromatic carbocycles. The highest BCUT2D eigenvalue weighted by Gasteiger charge is 2.20. The number of ether oxygens (including phenoxy) is 1. The van der Waals surface area contributed by atoms with E-state index in [1.807, 2.05) is 13.0 Å². The molecule has 2 rings (SSSR count). The molecule has 3 heteroatoms. The van der Waals surface area contributed by atoms with Crippen LogP contribution in [0.15, 0.2) is 17.7 Å². The molecule has 0 aromatic heterocycles. The number of carbonyl (C=O) groups excluding carboxylic acids is 1. The van der Waals surface area contributed by atoms with Crippen molar-refractivity contribution in [1.29, 1.82) is 0 Å². The third kappa shape index (κ3) is 1.61. The topological polar surface area (TPSA) is 46.5 Å². The molecule has 0 heterocycles. The molecule has 78 valence electrons. The number of phenolic OH excluding ortho intramolecular Hbond substituents is 1. The highest BCUT2D eigenvalue weighted by molar-refractivity contribution is 5.93. The SMILES string of the molecule is COC(=O)c1cc(O)cc2c1CC(C)=C2. The van der Waals surface area contributed by atoms with E-state index < -0.39 is 5.97 Å². The number of rotatable bonds is 1. The number of methoxy groups -OCH3 is 1. The number of carbonyl (C=O) groups is 1. The summed E-state index contributed by atoms with van der Waals surface area (Å²) in [4.78, 5) is 11.5. The third-order valence-electron chi connectivity index (χ3n) is 2.53. The van der Waals surface area contributed by atoms with Crippen LogP contribution >= 0.6 is 0 Å². The van der Waals surface area contributed by atoms with E-state index in [1.54, 1.807) is 6.07 Å². The first-order valence-corrected chi connectivity index (χ1v) is 4.73. The van der Waals surface area contributed by atoms with Crippen LogP contribution in [0.2, 0.25) is 0 Å². The molecule has 1 aliphatic rings. The van der Waals surface area contributed by atoms with Gasteiger partial charge in [0.15, 0.2) is 0 Å². The van der Waals surface area contributed by atoms with Gasteiger partial charge in [0.2, 0.25) is 0 Å². The summed E-state index contributed by atoms with van der Waals surface area (Å²) in [5.41, 5.74) is 3.49. The van der Waals surface area contributed by atoms with Gasteiger partial charge in [-0.1, -0.05) is 11.6 Å². The predicted octanol–water partition coefficient (Wildman–Crippen LogP) is 2.14. The Labute approximate surface area is 88.0 Å². The summed E-state index contributed by atoms with van der Waals surface area (Å²) in [6.45, 7) is 2.00. The summed E-state index contributed by atoms with van der Waals surface area (Å²) in [6, 6.07) is 3.12. The zero-order valence-corrected chi connectivity index (χ0v) is 8.70. The lowest BCUT2D eigenvalue weighted by molar-refractivity contribution is 0.0599. The fourth-order valence-electron chi connectivity index (χ4n) is 1.89. The molecule has 0 bridgehead atoms. The first kappa shape index (κ1) is 9.77. The molecule has 0 aliphatic heterocycles. The molecular formula is C12H12O3. The summed E-state index contributed by atoms with van der Waals surface area (Å²) >= 11 is 0. The quantitative estimate of drug-likeness (QED) is 0.713. The minimum atomic E-state index is -0.398. The molecular weight excluding hydrogens is 192 g/mol. The van der Waals surface area contributed by atoms with Crippen molar-refractivity contribution >= 4 is 12.0 Å². The number of esters is 1. The third-order valence-corrected chi connectivity index (χ3v) is 2.53. The van der Waals surface area contributed by atoms with Crippen molar-refractivity contribution in [2.45, 2.75) is 13.3 Å². The molecule has 3 nitrogen and oxygen atoms in total. The molecule has 15 heavy (non-hydrogen) atoms. The van der Waals surface area contributed by atoms with Gasteiger partial charge < -0.3 is 9.84 Å². The summed E-state index contributed by atoms with van der Waals surface area (Å²) < 4.78 is 4.68. The summed E-state index contributed by atoms with van der Waals surface area (Å²) in [5, 5.41) is 9.47. The standard InChI is InChI=1S/C12H12O3/c1-7-3-8-5-9(13)6-11(10(8)4-7)12(14)15-2/h3,5-6,13H,4H2,1-2H3. The van der Waals surface area contributed by atoms with E-state index in [0.29, 0.717) is 5.56 Å². The number of phenols is 1. The Morgan fingerprint density at radius 2 is 2.20 bits per heavy atom. The van der Waals surface area contributed by atoms with Gasteiger partial charge in [-0.25, -0.2) is 4.79 Å². The van der Waals surface area contributed by atoms with Gasteiger partial charge in [0, 0.05) is 0 Å². The van der Waals surface area contributed by atoms with E-state index in [4.69, 9.17) is 0 Å². The Morgan fingerprint density at radius 3 is 2.87 bits per heavy atom. The van der Waals surface area contributed by atoms with Crippen molar-refractivity contribution in [1.82, 2.24) is 0 Å². The minimum absolute atomic E-state index is 0.0973. The largest absolute Gasteiger partial charge is 0.508 e. The van der Waals surface area contributed by atoms with Crippen molar-refractivity contribution in [3.05, 3.63) is 34.4 Å². The number of hydrogen-bond donors (Lipinski definition) is 1. The smallest absolute Gasteiger partial charge is 0.338 e. The zero-order valence-electron chi connectivity index (χ0n) is 8.70. The van der Waals surface area contributed by atoms with E-state index in [1.165, 1.54) is 18.7 Å². The lowest BCUT2D eigenvalue weighted by atomic mass is 10.0. The zero-order chi connectivity index (χ0) is 11.0. The van der Waals surface area contributed by atoms with Crippen molar-refractivity contribution < 1.29 is 14.6 Å². The molecule has 0 unspecified atom stereocenters. The van der Waals surface area contributed by atoms with Gasteiger partial charge in [-0.2, -0.15) is 0 Å². The fourth-order valence-corrected chi connectivity index (χ4v) is 1.89. The number of benzene rings is 1. The molecule has 0 fully saturated rings. The lowest BCUT2D eigenvalue weighted by Gasteiger charge is -2.07. The van der Waals surface area contributed by atoms with Crippen molar-refractivity contribution in [3.63, 3.8) is 0 Å². The Kier molecular flexibility index (Phi) is 2.23. The van der Waals surface area contributed by atoms with Crippen LogP contribution in [0.1, 0.15) is 28.4 Å². The van der Waals surface area contributed by atoms with E-state index in [9.17, 15) is 9.90 Å². The molecule has 0 saturated carbocycles. The Bertz CT molecular complexity index is 458. The fraction of sp³-hybridized carbons (Fsp3) is 0.250. The molecule has 0 spiro atoms. The van der Waals surface area contributed by atoms with Crippen LogP contribution in [-0.4, -0.2) is 18.2 Å². The predicted molar refractivity (Wildman–Crippen MR) is 56.8 cm³/mol. The van der Waals surface area contributed by atoms with Crippen LogP contribution in [0.4, 0.5) is 0 Å². The van der Waals surface area contributed by atoms with Crippen molar-refractivity contribution in [2.24, 2.45) is 0 Å². The van der Waals surface area contributed by atoms with Gasteiger partial charge in [0.05, 0.1) is 12.7 Å². The van der Waals surface area contributed by atoms with Gasteiger partial charge in [0.25, 0.3) is 0 Å². The summed E-state index contributed by atoms with van der Waals surface area (Å²) in [7, 11) is 1.34. The second kappa shape index (κ2) is 3.42. The lowest BCUT2D eigenvalue weighted by Crippen LogP contribution is -2.05. The van der Waals surface area contributed by atoms with E-state index in [0.717, 1.165) is 17.5 Å². The highest BCUT2D eigenvalue weighted by atomic mass is 16.5. The van der Waals surface area contributed by atoms with Crippen LogP contribution in [0.25, 0.3) is 6.08 Å². The molecule has 0 radical (unpaired) electrons. The van der Waals surface area contributed by atoms with Gasteiger partial charge in [-0.05, 0) is 36.6 Å². The summed E-state index contributed by atoms with van der Waals surface area (Å²) in [6.07, 6.45) is 2.72. The Balaban J connectivity index is 2.56. The van der Waals surface area contributed by atoms with Gasteiger partial charge in [-0.15, -0.1) is 0 Å². The average Bonchev–Trinajstić information content (AvgIpc) is 2.55. The first-order chi connectivity index (χ1) is 7.11. The number of fused-ring (bicyclic) bond motifs is 1. The first-order valence-electron chi connectivity index (χ1n) is 4.73. The highest BCUT2D eigenvalue weighted by Crippen LogP contribution is 2.31. The molecule has 1 aromatic rings. The van der Waals surface area contributed by atoms with Crippen LogP contribution in [0.5, 0.6) is 5.75 Å². The minimum Gasteiger partial charge on any atom is -0.508 e. The van der Waals surface area contributed by atoms with Crippen molar-refractivity contribution in [3.8, 4) is 5.75 Å². The van der Waals surface area contributed by atoms with Crippen LogP contribution in [-0.2, 0) is 11.2 Å². The maximum atomic E-state index is 11.5. The maximum absolute atomic E-state index is 11.5. The Morgan fingerprint density at radius 1 is 1.47 bits per heavy atom. The normalized spacial score (nSPS) is 13.3. The van der Waals surface area contributed by atoms with Crippen LogP contribution in [0, 0.1) is 0 Å². The molecule has 1 N–H and O–H groups in total. The molecule has 1 aliphatic carbocycles. The van der Waals surface area contributed by atoms with Crippen molar-refractivity contribution in [2.75, 3.05) is 7.11 Å². The van der Waals surface area contributed by atoms with E-state index in [-0.39, 0.29) is 5.75 Å². The van der Waals surface area contributed by atoms with Gasteiger partial charge in [-0.3, -0.25) is 0 Å². The number of aromatic hydroxyl groups is 1. The van der Waals surface area contributed by atoms with E-state index in [2.05, 4.69) is 4.74 Å². The second-order valence-electron chi connectivity index (χ2n) is 3.72. The maximum Gasteiger partial charge on any atom is 0.338 e. The van der Waals surface area contributed by atoms with Crippen LogP contribution < -0.4 is 0 Å².